The Morgan fingerprint density at radius 1 is 1.17 bits per heavy atom. The quantitative estimate of drug-likeness (QED) is 0.457. The van der Waals surface area contributed by atoms with Crippen molar-refractivity contribution >= 4 is 5.97 Å². The first-order valence-corrected chi connectivity index (χ1v) is 7.03. The number of unbranched alkanes of at least 4 members (excludes halogenated alkanes) is 3. The maximum atomic E-state index is 11.5. The third-order valence-corrected chi connectivity index (χ3v) is 2.71. The van der Waals surface area contributed by atoms with Crippen LogP contribution in [-0.2, 0) is 14.3 Å². The Morgan fingerprint density at radius 2 is 1.89 bits per heavy atom. The van der Waals surface area contributed by atoms with E-state index in [4.69, 9.17) is 9.47 Å². The van der Waals surface area contributed by atoms with Crippen molar-refractivity contribution in [3.63, 3.8) is 0 Å². The van der Waals surface area contributed by atoms with Gasteiger partial charge in [-0.1, -0.05) is 40.0 Å². The molecule has 0 fully saturated rings. The molecule has 0 heterocycles. The van der Waals surface area contributed by atoms with Gasteiger partial charge in [-0.3, -0.25) is 4.79 Å². The van der Waals surface area contributed by atoms with Crippen LogP contribution in [0.5, 0.6) is 0 Å². The van der Waals surface area contributed by atoms with Crippen LogP contribution in [0.4, 0.5) is 0 Å². The standard InChI is InChI=1S/C14H29NO3/c1-5-6-7-8-10-18-11-9-13(14(16)17-4)15-12(2)3/h12-13,15H,5-11H2,1-4H3. The third kappa shape index (κ3) is 9.42. The summed E-state index contributed by atoms with van der Waals surface area (Å²) in [5.74, 6) is -0.210. The molecule has 0 aliphatic heterocycles. The van der Waals surface area contributed by atoms with Gasteiger partial charge in [0.25, 0.3) is 0 Å². The van der Waals surface area contributed by atoms with Crippen molar-refractivity contribution in [2.75, 3.05) is 20.3 Å². The van der Waals surface area contributed by atoms with E-state index in [0.717, 1.165) is 13.0 Å². The van der Waals surface area contributed by atoms with Crippen LogP contribution in [0.2, 0.25) is 0 Å². The summed E-state index contributed by atoms with van der Waals surface area (Å²) in [6.07, 6.45) is 5.50. The van der Waals surface area contributed by atoms with Gasteiger partial charge in [0.15, 0.2) is 0 Å². The Labute approximate surface area is 111 Å². The Kier molecular flexibility index (Phi) is 11.1. The topological polar surface area (TPSA) is 47.6 Å². The summed E-state index contributed by atoms with van der Waals surface area (Å²) >= 11 is 0. The van der Waals surface area contributed by atoms with Crippen LogP contribution >= 0.6 is 0 Å². The molecule has 0 bridgehead atoms. The molecule has 0 rings (SSSR count). The molecular weight excluding hydrogens is 230 g/mol. The van der Waals surface area contributed by atoms with E-state index in [1.54, 1.807) is 0 Å². The predicted octanol–water partition coefficient (Wildman–Crippen LogP) is 2.51. The molecule has 0 aliphatic carbocycles. The fraction of sp³-hybridized carbons (Fsp3) is 0.929. The summed E-state index contributed by atoms with van der Waals surface area (Å²) in [7, 11) is 1.42. The largest absolute Gasteiger partial charge is 0.468 e. The molecule has 0 saturated carbocycles. The van der Waals surface area contributed by atoms with Gasteiger partial charge < -0.3 is 14.8 Å². The molecule has 1 atom stereocenters. The van der Waals surface area contributed by atoms with Gasteiger partial charge in [0.2, 0.25) is 0 Å². The van der Waals surface area contributed by atoms with Crippen molar-refractivity contribution in [3.8, 4) is 0 Å². The lowest BCUT2D eigenvalue weighted by molar-refractivity contribution is -0.143. The highest BCUT2D eigenvalue weighted by atomic mass is 16.5. The summed E-state index contributed by atoms with van der Waals surface area (Å²) in [6.45, 7) is 7.61. The molecule has 0 aromatic rings. The van der Waals surface area contributed by atoms with Crippen molar-refractivity contribution < 1.29 is 14.3 Å². The summed E-state index contributed by atoms with van der Waals surface area (Å²) in [6, 6.07) is 0.00398. The molecule has 0 saturated heterocycles. The molecule has 108 valence electrons. The smallest absolute Gasteiger partial charge is 0.322 e. The zero-order valence-corrected chi connectivity index (χ0v) is 12.3. The van der Waals surface area contributed by atoms with Gasteiger partial charge in [0, 0.05) is 19.3 Å². The van der Waals surface area contributed by atoms with Gasteiger partial charge in [-0.25, -0.2) is 0 Å². The molecule has 18 heavy (non-hydrogen) atoms. The zero-order valence-electron chi connectivity index (χ0n) is 12.3. The first-order valence-electron chi connectivity index (χ1n) is 7.03. The van der Waals surface area contributed by atoms with Gasteiger partial charge in [0.1, 0.15) is 6.04 Å². The number of esters is 1. The minimum atomic E-state index is -0.259. The minimum absolute atomic E-state index is 0.210. The highest BCUT2D eigenvalue weighted by Crippen LogP contribution is 2.01. The lowest BCUT2D eigenvalue weighted by Gasteiger charge is -2.18. The maximum Gasteiger partial charge on any atom is 0.322 e. The molecule has 4 nitrogen and oxygen atoms in total. The zero-order chi connectivity index (χ0) is 13.8. The van der Waals surface area contributed by atoms with E-state index < -0.39 is 0 Å². The SMILES string of the molecule is CCCCCCOCCC(NC(C)C)C(=O)OC. The Bertz CT molecular complexity index is 207. The molecular formula is C14H29NO3. The van der Waals surface area contributed by atoms with Crippen molar-refractivity contribution in [2.24, 2.45) is 0 Å². The second-order valence-corrected chi connectivity index (χ2v) is 4.86. The molecule has 0 aliphatic rings. The minimum Gasteiger partial charge on any atom is -0.468 e. The molecule has 0 aromatic heterocycles. The summed E-state index contributed by atoms with van der Waals surface area (Å²) in [5, 5.41) is 3.19. The number of hydrogen-bond acceptors (Lipinski definition) is 4. The second-order valence-electron chi connectivity index (χ2n) is 4.86. The summed E-state index contributed by atoms with van der Waals surface area (Å²) < 4.78 is 10.3. The first-order chi connectivity index (χ1) is 8.61. The highest BCUT2D eigenvalue weighted by Gasteiger charge is 2.19. The van der Waals surface area contributed by atoms with Crippen LogP contribution in [0.25, 0.3) is 0 Å². The summed E-state index contributed by atoms with van der Waals surface area (Å²) in [5.41, 5.74) is 0. The van der Waals surface area contributed by atoms with E-state index in [2.05, 4.69) is 12.2 Å². The molecule has 4 heteroatoms. The average molecular weight is 259 g/mol. The second kappa shape index (κ2) is 11.5. The van der Waals surface area contributed by atoms with Gasteiger partial charge in [-0.05, 0) is 12.8 Å². The Morgan fingerprint density at radius 3 is 2.44 bits per heavy atom. The molecule has 0 radical (unpaired) electrons. The number of ether oxygens (including phenoxy) is 2. The third-order valence-electron chi connectivity index (χ3n) is 2.71. The maximum absolute atomic E-state index is 11.5. The molecule has 0 amide bonds. The lowest BCUT2D eigenvalue weighted by Crippen LogP contribution is -2.42. The molecule has 1 unspecified atom stereocenters. The van der Waals surface area contributed by atoms with E-state index >= 15 is 0 Å². The predicted molar refractivity (Wildman–Crippen MR) is 73.7 cm³/mol. The van der Waals surface area contributed by atoms with Crippen LogP contribution in [0, 0.1) is 0 Å². The number of rotatable bonds is 11. The van der Waals surface area contributed by atoms with E-state index in [0.29, 0.717) is 13.0 Å². The highest BCUT2D eigenvalue weighted by molar-refractivity contribution is 5.75. The molecule has 1 N–H and O–H groups in total. The van der Waals surface area contributed by atoms with Gasteiger partial charge >= 0.3 is 5.97 Å². The van der Waals surface area contributed by atoms with Crippen LogP contribution < -0.4 is 5.32 Å². The Balaban J connectivity index is 3.66. The number of nitrogens with one attached hydrogen (secondary N) is 1. The van der Waals surface area contributed by atoms with Gasteiger partial charge in [0.05, 0.1) is 7.11 Å². The lowest BCUT2D eigenvalue weighted by atomic mass is 10.2. The Hall–Kier alpha value is -0.610. The number of methoxy groups -OCH3 is 1. The van der Waals surface area contributed by atoms with Crippen molar-refractivity contribution in [3.05, 3.63) is 0 Å². The van der Waals surface area contributed by atoms with Crippen molar-refractivity contribution in [1.29, 1.82) is 0 Å². The van der Waals surface area contributed by atoms with Gasteiger partial charge in [-0.15, -0.1) is 0 Å². The van der Waals surface area contributed by atoms with E-state index in [1.807, 2.05) is 13.8 Å². The van der Waals surface area contributed by atoms with E-state index in [1.165, 1.54) is 26.4 Å². The van der Waals surface area contributed by atoms with E-state index in [-0.39, 0.29) is 18.1 Å². The molecule has 0 spiro atoms. The first kappa shape index (κ1) is 17.4. The summed E-state index contributed by atoms with van der Waals surface area (Å²) in [4.78, 5) is 11.5. The normalized spacial score (nSPS) is 12.7. The van der Waals surface area contributed by atoms with Gasteiger partial charge in [-0.2, -0.15) is 0 Å². The average Bonchev–Trinajstić information content (AvgIpc) is 2.34. The van der Waals surface area contributed by atoms with Crippen molar-refractivity contribution in [2.45, 2.75) is 65.0 Å². The van der Waals surface area contributed by atoms with Crippen LogP contribution in [0.3, 0.4) is 0 Å². The molecule has 0 aromatic carbocycles. The van der Waals surface area contributed by atoms with Crippen molar-refractivity contribution in [1.82, 2.24) is 5.32 Å². The number of carbonyl (C=O) groups excluding carboxylic acids is 1. The fourth-order valence-corrected chi connectivity index (χ4v) is 1.75. The van der Waals surface area contributed by atoms with E-state index in [9.17, 15) is 4.79 Å². The van der Waals surface area contributed by atoms with Crippen LogP contribution in [0.1, 0.15) is 52.9 Å². The number of hydrogen-bond donors (Lipinski definition) is 1. The van der Waals surface area contributed by atoms with Crippen LogP contribution in [0.15, 0.2) is 0 Å². The van der Waals surface area contributed by atoms with Crippen LogP contribution in [-0.4, -0.2) is 38.4 Å². The number of carbonyl (C=O) groups is 1. The fourth-order valence-electron chi connectivity index (χ4n) is 1.75. The monoisotopic (exact) mass is 259 g/mol.